The molecule has 1 heterocycles. The third-order valence-electron chi connectivity index (χ3n) is 3.22. The monoisotopic (exact) mass is 181 g/mol. The average molecular weight is 181 g/mol. The van der Waals surface area contributed by atoms with Gasteiger partial charge in [0.2, 0.25) is 0 Å². The van der Waals surface area contributed by atoms with Gasteiger partial charge in [0.1, 0.15) is 5.60 Å². The Hall–Kier alpha value is -0.530. The molecule has 2 rings (SSSR count). The van der Waals surface area contributed by atoms with Gasteiger partial charge >= 0.3 is 0 Å². The Kier molecular flexibility index (Phi) is 1.90. The number of hydrogen-bond donors (Lipinski definition) is 0. The fraction of sp³-hybridized carbons (Fsp3) is 0.909. The highest BCUT2D eigenvalue weighted by Gasteiger charge is 2.44. The van der Waals surface area contributed by atoms with Gasteiger partial charge in [-0.1, -0.05) is 25.9 Å². The van der Waals surface area contributed by atoms with Gasteiger partial charge in [0.15, 0.2) is 0 Å². The fourth-order valence-electron chi connectivity index (χ4n) is 2.21. The van der Waals surface area contributed by atoms with E-state index in [0.717, 1.165) is 6.42 Å². The zero-order chi connectivity index (χ0) is 9.53. The Morgan fingerprint density at radius 1 is 1.23 bits per heavy atom. The van der Waals surface area contributed by atoms with E-state index in [1.165, 1.54) is 31.4 Å². The standard InChI is InChI=1S/C11H19NO/c1-10(2,3)9-8-11(13-12-9)6-4-5-7-11/h4-8H2,1-3H3. The van der Waals surface area contributed by atoms with Crippen LogP contribution in [0.25, 0.3) is 0 Å². The van der Waals surface area contributed by atoms with Crippen LogP contribution in [-0.2, 0) is 4.84 Å². The summed E-state index contributed by atoms with van der Waals surface area (Å²) in [4.78, 5) is 5.63. The number of nitrogens with zero attached hydrogens (tertiary/aromatic N) is 1. The molecule has 0 aromatic rings. The molecule has 1 spiro atoms. The van der Waals surface area contributed by atoms with E-state index >= 15 is 0 Å². The molecule has 0 N–H and O–H groups in total. The van der Waals surface area contributed by atoms with Gasteiger partial charge in [0.25, 0.3) is 0 Å². The molecule has 1 aliphatic heterocycles. The summed E-state index contributed by atoms with van der Waals surface area (Å²) in [6, 6.07) is 0. The second kappa shape index (κ2) is 2.73. The maximum absolute atomic E-state index is 5.63. The van der Waals surface area contributed by atoms with E-state index in [0.29, 0.717) is 0 Å². The van der Waals surface area contributed by atoms with Crippen molar-refractivity contribution in [2.45, 2.75) is 58.5 Å². The lowest BCUT2D eigenvalue weighted by molar-refractivity contribution is -0.0126. The molecule has 2 heteroatoms. The van der Waals surface area contributed by atoms with Gasteiger partial charge in [-0.15, -0.1) is 0 Å². The molecule has 0 saturated heterocycles. The third-order valence-corrected chi connectivity index (χ3v) is 3.22. The summed E-state index contributed by atoms with van der Waals surface area (Å²) >= 11 is 0. The maximum atomic E-state index is 5.63. The third kappa shape index (κ3) is 1.59. The first-order valence-electron chi connectivity index (χ1n) is 5.27. The number of hydrogen-bond acceptors (Lipinski definition) is 2. The highest BCUT2D eigenvalue weighted by atomic mass is 16.7. The van der Waals surface area contributed by atoms with Gasteiger partial charge in [0, 0.05) is 11.8 Å². The van der Waals surface area contributed by atoms with Crippen molar-refractivity contribution < 1.29 is 4.84 Å². The van der Waals surface area contributed by atoms with Gasteiger partial charge in [-0.05, 0) is 25.7 Å². The second-order valence-corrected chi connectivity index (χ2v) is 5.45. The fourth-order valence-corrected chi connectivity index (χ4v) is 2.21. The Labute approximate surface area is 80.3 Å². The van der Waals surface area contributed by atoms with Crippen LogP contribution in [0.3, 0.4) is 0 Å². The van der Waals surface area contributed by atoms with Crippen molar-refractivity contribution in [1.29, 1.82) is 0 Å². The highest BCUT2D eigenvalue weighted by Crippen LogP contribution is 2.42. The minimum Gasteiger partial charge on any atom is -0.389 e. The molecular weight excluding hydrogens is 162 g/mol. The lowest BCUT2D eigenvalue weighted by Crippen LogP contribution is -2.28. The van der Waals surface area contributed by atoms with Crippen molar-refractivity contribution in [3.63, 3.8) is 0 Å². The first kappa shape index (κ1) is 9.04. The normalized spacial score (nSPS) is 26.2. The molecule has 0 unspecified atom stereocenters. The molecule has 2 aliphatic rings. The first-order chi connectivity index (χ1) is 6.02. The quantitative estimate of drug-likeness (QED) is 0.562. The van der Waals surface area contributed by atoms with Crippen molar-refractivity contribution in [2.75, 3.05) is 0 Å². The van der Waals surface area contributed by atoms with Crippen LogP contribution >= 0.6 is 0 Å². The van der Waals surface area contributed by atoms with Gasteiger partial charge in [-0.25, -0.2) is 0 Å². The molecule has 74 valence electrons. The summed E-state index contributed by atoms with van der Waals surface area (Å²) < 4.78 is 0. The van der Waals surface area contributed by atoms with Crippen molar-refractivity contribution >= 4 is 5.71 Å². The molecule has 0 amide bonds. The number of oxime groups is 1. The van der Waals surface area contributed by atoms with Gasteiger partial charge in [-0.3, -0.25) is 0 Å². The minimum atomic E-state index is 0.114. The zero-order valence-electron chi connectivity index (χ0n) is 8.89. The highest BCUT2D eigenvalue weighted by molar-refractivity contribution is 5.90. The summed E-state index contributed by atoms with van der Waals surface area (Å²) in [5.74, 6) is 0. The summed E-state index contributed by atoms with van der Waals surface area (Å²) in [7, 11) is 0. The molecule has 1 saturated carbocycles. The van der Waals surface area contributed by atoms with Crippen LogP contribution in [0, 0.1) is 5.41 Å². The van der Waals surface area contributed by atoms with Gasteiger partial charge in [-0.2, -0.15) is 0 Å². The number of rotatable bonds is 0. The Morgan fingerprint density at radius 2 is 1.85 bits per heavy atom. The summed E-state index contributed by atoms with van der Waals surface area (Å²) in [6.45, 7) is 6.63. The van der Waals surface area contributed by atoms with E-state index in [1.807, 2.05) is 0 Å². The molecule has 0 bridgehead atoms. The van der Waals surface area contributed by atoms with Crippen LogP contribution in [0.5, 0.6) is 0 Å². The zero-order valence-corrected chi connectivity index (χ0v) is 8.89. The predicted octanol–water partition coefficient (Wildman–Crippen LogP) is 3.12. The lowest BCUT2D eigenvalue weighted by atomic mass is 9.83. The van der Waals surface area contributed by atoms with Crippen LogP contribution in [0.4, 0.5) is 0 Å². The van der Waals surface area contributed by atoms with Crippen molar-refractivity contribution in [1.82, 2.24) is 0 Å². The second-order valence-electron chi connectivity index (χ2n) is 5.45. The first-order valence-corrected chi connectivity index (χ1v) is 5.27. The van der Waals surface area contributed by atoms with Crippen LogP contribution in [-0.4, -0.2) is 11.3 Å². The Morgan fingerprint density at radius 3 is 2.31 bits per heavy atom. The topological polar surface area (TPSA) is 21.6 Å². The predicted molar refractivity (Wildman–Crippen MR) is 53.8 cm³/mol. The summed E-state index contributed by atoms with van der Waals surface area (Å²) in [5.41, 5.74) is 1.55. The van der Waals surface area contributed by atoms with E-state index in [4.69, 9.17) is 4.84 Å². The molecule has 1 aliphatic carbocycles. The van der Waals surface area contributed by atoms with Crippen molar-refractivity contribution in [2.24, 2.45) is 10.6 Å². The molecule has 0 radical (unpaired) electrons. The van der Waals surface area contributed by atoms with E-state index in [-0.39, 0.29) is 11.0 Å². The summed E-state index contributed by atoms with van der Waals surface area (Å²) in [5, 5.41) is 4.26. The van der Waals surface area contributed by atoms with Crippen molar-refractivity contribution in [3.05, 3.63) is 0 Å². The van der Waals surface area contributed by atoms with Crippen molar-refractivity contribution in [3.8, 4) is 0 Å². The van der Waals surface area contributed by atoms with E-state index < -0.39 is 0 Å². The largest absolute Gasteiger partial charge is 0.389 e. The molecule has 13 heavy (non-hydrogen) atoms. The smallest absolute Gasteiger partial charge is 0.143 e. The SMILES string of the molecule is CC(C)(C)C1=NOC2(CCCC2)C1. The van der Waals surface area contributed by atoms with Crippen LogP contribution in [0.15, 0.2) is 5.16 Å². The van der Waals surface area contributed by atoms with Crippen LogP contribution in [0.2, 0.25) is 0 Å². The molecule has 0 atom stereocenters. The molecule has 1 fully saturated rings. The lowest BCUT2D eigenvalue weighted by Gasteiger charge is -2.22. The van der Waals surface area contributed by atoms with Gasteiger partial charge in [0.05, 0.1) is 5.71 Å². The minimum absolute atomic E-state index is 0.114. The molecule has 2 nitrogen and oxygen atoms in total. The molecular formula is C11H19NO. The van der Waals surface area contributed by atoms with E-state index in [2.05, 4.69) is 25.9 Å². The summed E-state index contributed by atoms with van der Waals surface area (Å²) in [6.07, 6.45) is 6.10. The Bertz CT molecular complexity index is 231. The average Bonchev–Trinajstić information content (AvgIpc) is 2.60. The van der Waals surface area contributed by atoms with E-state index in [1.54, 1.807) is 0 Å². The molecule has 0 aromatic heterocycles. The van der Waals surface area contributed by atoms with E-state index in [9.17, 15) is 0 Å². The molecule has 0 aromatic carbocycles. The van der Waals surface area contributed by atoms with Crippen LogP contribution < -0.4 is 0 Å². The maximum Gasteiger partial charge on any atom is 0.143 e. The van der Waals surface area contributed by atoms with Crippen LogP contribution in [0.1, 0.15) is 52.9 Å². The van der Waals surface area contributed by atoms with Gasteiger partial charge < -0.3 is 4.84 Å². The Balaban J connectivity index is 2.06.